The van der Waals surface area contributed by atoms with Gasteiger partial charge < -0.3 is 24.8 Å². The first-order valence-electron chi connectivity index (χ1n) is 11.1. The summed E-state index contributed by atoms with van der Waals surface area (Å²) in [5.74, 6) is 1.99. The van der Waals surface area contributed by atoms with Crippen LogP contribution >= 0.6 is 0 Å². The largest absolute Gasteiger partial charge is 0.504 e. The monoisotopic (exact) mass is 422 g/mol. The van der Waals surface area contributed by atoms with E-state index in [2.05, 4.69) is 55.4 Å². The molecule has 0 spiro atoms. The Kier molecular flexibility index (Phi) is 5.89. The fourth-order valence-electron chi connectivity index (χ4n) is 5.70. The van der Waals surface area contributed by atoms with E-state index in [0.29, 0.717) is 11.8 Å². The minimum Gasteiger partial charge on any atom is -0.504 e. The van der Waals surface area contributed by atoms with Crippen LogP contribution < -0.4 is 10.1 Å². The summed E-state index contributed by atoms with van der Waals surface area (Å²) in [6, 6.07) is 14.5. The van der Waals surface area contributed by atoms with Crippen molar-refractivity contribution in [1.29, 1.82) is 0 Å². The number of phenols is 1. The fraction of sp³-hybridized carbons (Fsp3) is 0.462. The maximum absolute atomic E-state index is 11.3. The van der Waals surface area contributed by atoms with Gasteiger partial charge in [0.2, 0.25) is 0 Å². The fourth-order valence-corrected chi connectivity index (χ4v) is 5.70. The molecule has 1 aliphatic carbocycles. The van der Waals surface area contributed by atoms with Crippen LogP contribution in [0.2, 0.25) is 0 Å². The third-order valence-electron chi connectivity index (χ3n) is 7.44. The molecular formula is C26H34N2O3. The number of likely N-dealkylation sites (tertiary alicyclic amines) is 1. The van der Waals surface area contributed by atoms with Crippen LogP contribution in [0.4, 0.5) is 5.69 Å². The second-order valence-corrected chi connectivity index (χ2v) is 9.00. The lowest BCUT2D eigenvalue weighted by Gasteiger charge is -2.54. The summed E-state index contributed by atoms with van der Waals surface area (Å²) >= 11 is 0. The average molecular weight is 423 g/mol. The Morgan fingerprint density at radius 1 is 1.10 bits per heavy atom. The van der Waals surface area contributed by atoms with E-state index in [0.717, 1.165) is 42.0 Å². The summed E-state index contributed by atoms with van der Waals surface area (Å²) < 4.78 is 11.4. The zero-order chi connectivity index (χ0) is 22.2. The van der Waals surface area contributed by atoms with Crippen LogP contribution in [-0.4, -0.2) is 49.9 Å². The number of aryl methyl sites for hydroxylation is 1. The van der Waals surface area contributed by atoms with Gasteiger partial charge in [-0.3, -0.25) is 0 Å². The Morgan fingerprint density at radius 2 is 1.84 bits per heavy atom. The number of benzene rings is 2. The minimum absolute atomic E-state index is 0.0178. The van der Waals surface area contributed by atoms with Crippen LogP contribution in [0.1, 0.15) is 30.9 Å². The number of phenolic OH excluding ortho intramolecular Hbond substituents is 1. The van der Waals surface area contributed by atoms with Crippen molar-refractivity contribution in [3.63, 3.8) is 0 Å². The first-order chi connectivity index (χ1) is 14.9. The van der Waals surface area contributed by atoms with E-state index >= 15 is 0 Å². The van der Waals surface area contributed by atoms with Gasteiger partial charge in [0.25, 0.3) is 0 Å². The van der Waals surface area contributed by atoms with Gasteiger partial charge in [0.05, 0.1) is 20.3 Å². The molecule has 1 saturated heterocycles. The average Bonchev–Trinajstić information content (AvgIpc) is 2.77. The number of hydrogen-bond donors (Lipinski definition) is 2. The lowest BCUT2D eigenvalue weighted by molar-refractivity contribution is 0.0544. The molecular weight excluding hydrogens is 388 g/mol. The molecule has 166 valence electrons. The van der Waals surface area contributed by atoms with Gasteiger partial charge in [-0.15, -0.1) is 0 Å². The Bertz CT molecular complexity index is 959. The molecule has 0 radical (unpaired) electrons. The Morgan fingerprint density at radius 3 is 2.52 bits per heavy atom. The summed E-state index contributed by atoms with van der Waals surface area (Å²) in [5.41, 5.74) is 2.97. The second-order valence-electron chi connectivity index (χ2n) is 9.00. The summed E-state index contributed by atoms with van der Waals surface area (Å²) in [6.45, 7) is 5.35. The van der Waals surface area contributed by atoms with Crippen molar-refractivity contribution in [1.82, 2.24) is 4.90 Å². The Labute approximate surface area is 185 Å². The van der Waals surface area contributed by atoms with Crippen molar-refractivity contribution in [2.24, 2.45) is 5.92 Å². The van der Waals surface area contributed by atoms with Crippen molar-refractivity contribution in [3.8, 4) is 11.5 Å². The SMILES string of the molecule is COC1=CC2C(C)N(C)CCC2(c2c(C)ccc(OC)c2O)CC1Nc1ccccc1. The van der Waals surface area contributed by atoms with E-state index in [1.807, 2.05) is 24.3 Å². The molecule has 5 heteroatoms. The Hall–Kier alpha value is -2.66. The third-order valence-corrected chi connectivity index (χ3v) is 7.44. The summed E-state index contributed by atoms with van der Waals surface area (Å²) in [7, 11) is 5.55. The number of anilines is 1. The molecule has 0 saturated carbocycles. The Balaban J connectivity index is 1.87. The van der Waals surface area contributed by atoms with Crippen molar-refractivity contribution < 1.29 is 14.6 Å². The van der Waals surface area contributed by atoms with Crippen molar-refractivity contribution in [2.75, 3.05) is 33.1 Å². The van der Waals surface area contributed by atoms with Crippen LogP contribution in [0, 0.1) is 12.8 Å². The molecule has 1 heterocycles. The van der Waals surface area contributed by atoms with Crippen LogP contribution in [0.15, 0.2) is 54.3 Å². The van der Waals surface area contributed by atoms with Gasteiger partial charge in [-0.05, 0) is 70.1 Å². The third kappa shape index (κ3) is 3.65. The highest BCUT2D eigenvalue weighted by atomic mass is 16.5. The maximum Gasteiger partial charge on any atom is 0.161 e. The van der Waals surface area contributed by atoms with Gasteiger partial charge in [-0.25, -0.2) is 0 Å². The zero-order valence-electron chi connectivity index (χ0n) is 19.2. The number of rotatable bonds is 5. The number of aromatic hydroxyl groups is 1. The van der Waals surface area contributed by atoms with E-state index in [4.69, 9.17) is 9.47 Å². The molecule has 2 aromatic rings. The predicted octanol–water partition coefficient (Wildman–Crippen LogP) is 4.70. The number of nitrogens with zero attached hydrogens (tertiary/aromatic N) is 1. The summed E-state index contributed by atoms with van der Waals surface area (Å²) in [4.78, 5) is 2.41. The van der Waals surface area contributed by atoms with Crippen molar-refractivity contribution >= 4 is 5.69 Å². The zero-order valence-corrected chi connectivity index (χ0v) is 19.2. The van der Waals surface area contributed by atoms with Gasteiger partial charge in [0.1, 0.15) is 5.76 Å². The molecule has 0 amide bonds. The number of nitrogens with one attached hydrogen (secondary N) is 1. The van der Waals surface area contributed by atoms with E-state index in [9.17, 15) is 5.11 Å². The topological polar surface area (TPSA) is 54.0 Å². The molecule has 4 unspecified atom stereocenters. The van der Waals surface area contributed by atoms with Crippen LogP contribution in [0.25, 0.3) is 0 Å². The van der Waals surface area contributed by atoms with Crippen molar-refractivity contribution in [3.05, 3.63) is 65.4 Å². The van der Waals surface area contributed by atoms with Gasteiger partial charge in [0, 0.05) is 28.6 Å². The number of hydrogen-bond acceptors (Lipinski definition) is 5. The lowest BCUT2D eigenvalue weighted by Crippen LogP contribution is -2.57. The van der Waals surface area contributed by atoms with Crippen molar-refractivity contribution in [2.45, 2.75) is 44.2 Å². The van der Waals surface area contributed by atoms with E-state index in [1.54, 1.807) is 14.2 Å². The number of para-hydroxylation sites is 1. The van der Waals surface area contributed by atoms with Crippen LogP contribution in [-0.2, 0) is 10.2 Å². The van der Waals surface area contributed by atoms with Gasteiger partial charge in [-0.2, -0.15) is 0 Å². The summed E-state index contributed by atoms with van der Waals surface area (Å²) in [6.07, 6.45) is 4.09. The smallest absolute Gasteiger partial charge is 0.161 e. The van der Waals surface area contributed by atoms with Gasteiger partial charge in [0.15, 0.2) is 11.5 Å². The molecule has 1 aliphatic heterocycles. The predicted molar refractivity (Wildman–Crippen MR) is 125 cm³/mol. The first kappa shape index (κ1) is 21.6. The molecule has 4 atom stereocenters. The normalized spacial score (nSPS) is 28.4. The molecule has 31 heavy (non-hydrogen) atoms. The second kappa shape index (κ2) is 8.46. The highest BCUT2D eigenvalue weighted by Crippen LogP contribution is 2.55. The standard InChI is InChI=1S/C26H34N2O3/c1-17-11-12-22(30-4)25(29)24(17)26-13-14-28(3)18(2)20(26)15-23(31-5)21(16-26)27-19-9-7-6-8-10-19/h6-12,15,18,20-21,27,29H,13-14,16H2,1-5H3. The first-order valence-corrected chi connectivity index (χ1v) is 11.1. The quantitative estimate of drug-likeness (QED) is 0.731. The number of piperidine rings is 1. The number of fused-ring (bicyclic) bond motifs is 1. The maximum atomic E-state index is 11.3. The van der Waals surface area contributed by atoms with Gasteiger partial charge in [-0.1, -0.05) is 24.3 Å². The highest BCUT2D eigenvalue weighted by Gasteiger charge is 2.52. The number of methoxy groups -OCH3 is 2. The molecule has 0 bridgehead atoms. The molecule has 1 fully saturated rings. The van der Waals surface area contributed by atoms with Crippen LogP contribution in [0.3, 0.4) is 0 Å². The molecule has 2 N–H and O–H groups in total. The molecule has 5 nitrogen and oxygen atoms in total. The summed E-state index contributed by atoms with van der Waals surface area (Å²) in [5, 5.41) is 15.0. The van der Waals surface area contributed by atoms with E-state index in [-0.39, 0.29) is 23.1 Å². The molecule has 2 aromatic carbocycles. The van der Waals surface area contributed by atoms with E-state index < -0.39 is 0 Å². The number of ether oxygens (including phenoxy) is 2. The van der Waals surface area contributed by atoms with Crippen LogP contribution in [0.5, 0.6) is 11.5 Å². The van der Waals surface area contributed by atoms with Gasteiger partial charge >= 0.3 is 0 Å². The lowest BCUT2D eigenvalue weighted by atomic mass is 9.57. The minimum atomic E-state index is -0.219. The molecule has 2 aliphatic rings. The molecule has 4 rings (SSSR count). The highest BCUT2D eigenvalue weighted by molar-refractivity contribution is 5.56. The van der Waals surface area contributed by atoms with E-state index in [1.165, 1.54) is 0 Å². The molecule has 0 aromatic heterocycles.